The highest BCUT2D eigenvalue weighted by atomic mass is 32.2. The van der Waals surface area contributed by atoms with Crippen LogP contribution in [-0.4, -0.2) is 77.9 Å². The van der Waals surface area contributed by atoms with Gasteiger partial charge in [0.2, 0.25) is 11.5 Å². The number of nitrogens with two attached hydrogens (primary N) is 1. The van der Waals surface area contributed by atoms with Crippen molar-refractivity contribution >= 4 is 75.0 Å². The zero-order valence-corrected chi connectivity index (χ0v) is 25.4. The maximum atomic E-state index is 13.1. The Labute approximate surface area is 256 Å². The van der Waals surface area contributed by atoms with Gasteiger partial charge in [-0.25, -0.2) is 9.78 Å². The van der Waals surface area contributed by atoms with E-state index >= 15 is 0 Å². The summed E-state index contributed by atoms with van der Waals surface area (Å²) in [6.45, 7) is 0.693. The lowest BCUT2D eigenvalue weighted by atomic mass is 10.0. The number of nitrogens with zero attached hydrogens (tertiary/aromatic N) is 6. The largest absolute Gasteiger partial charge is 0.477 e. The Kier molecular flexibility index (Phi) is 8.15. The number of carboxylic acid groups (broad SMARTS) is 1. The number of oxime groups is 1. The van der Waals surface area contributed by atoms with E-state index in [1.807, 2.05) is 5.38 Å². The van der Waals surface area contributed by atoms with E-state index in [0.29, 0.717) is 23.6 Å². The van der Waals surface area contributed by atoms with E-state index in [4.69, 9.17) is 15.6 Å². The van der Waals surface area contributed by atoms with Crippen molar-refractivity contribution in [3.63, 3.8) is 0 Å². The molecule has 13 nitrogen and oxygen atoms in total. The topological polar surface area (TPSA) is 177 Å². The number of thiazole rings is 1. The van der Waals surface area contributed by atoms with E-state index in [-0.39, 0.29) is 22.4 Å². The number of hydrogen-bond acceptors (Lipinski definition) is 13. The molecule has 218 valence electrons. The van der Waals surface area contributed by atoms with Gasteiger partial charge in [-0.05, 0) is 24.5 Å². The number of pyridine rings is 1. The number of β-lactam (4-membered cyclic amide) rings is 1. The number of thioether (sulfide) groups is 2. The molecule has 0 spiro atoms. The lowest BCUT2D eigenvalue weighted by molar-refractivity contribution is -0.695. The second-order valence-electron chi connectivity index (χ2n) is 9.55. The Bertz CT molecular complexity index is 1640. The number of carboxylic acids is 1. The normalized spacial score (nSPS) is 19.8. The van der Waals surface area contributed by atoms with Crippen molar-refractivity contribution in [3.8, 4) is 0 Å². The molecular formula is C25H25N8O5S4+. The lowest BCUT2D eigenvalue weighted by Crippen LogP contribution is -2.71. The van der Waals surface area contributed by atoms with E-state index < -0.39 is 29.2 Å². The van der Waals surface area contributed by atoms with Gasteiger partial charge >= 0.3 is 5.97 Å². The van der Waals surface area contributed by atoms with Crippen molar-refractivity contribution in [3.05, 3.63) is 57.8 Å². The summed E-state index contributed by atoms with van der Waals surface area (Å²) in [5.41, 5.74) is 9.69. The maximum absolute atomic E-state index is 13.1. The number of carbonyl (C=O) groups excluding carboxylic acids is 2. The van der Waals surface area contributed by atoms with Crippen molar-refractivity contribution in [2.75, 3.05) is 24.3 Å². The number of nitrogens with one attached hydrogen (secondary N) is 1. The molecule has 2 aliphatic heterocycles. The summed E-state index contributed by atoms with van der Waals surface area (Å²) in [6.07, 6.45) is 5.45. The van der Waals surface area contributed by atoms with E-state index in [9.17, 15) is 19.5 Å². The fraction of sp³-hybridized carbons (Fsp3) is 0.360. The van der Waals surface area contributed by atoms with Crippen molar-refractivity contribution < 1.29 is 28.9 Å². The molecule has 0 aromatic carbocycles. The zero-order chi connectivity index (χ0) is 29.4. The number of rotatable bonds is 10. The first-order chi connectivity index (χ1) is 20.3. The maximum Gasteiger partial charge on any atom is 0.352 e. The van der Waals surface area contributed by atoms with Crippen LogP contribution in [0.3, 0.4) is 0 Å². The van der Waals surface area contributed by atoms with Crippen molar-refractivity contribution in [1.82, 2.24) is 24.6 Å². The quantitative estimate of drug-likeness (QED) is 0.0952. The molecule has 6 rings (SSSR count). The smallest absolute Gasteiger partial charge is 0.352 e. The molecule has 3 aromatic heterocycles. The summed E-state index contributed by atoms with van der Waals surface area (Å²) in [4.78, 5) is 53.0. The van der Waals surface area contributed by atoms with E-state index in [1.165, 1.54) is 64.5 Å². The molecule has 2 atom stereocenters. The van der Waals surface area contributed by atoms with Crippen LogP contribution in [0.15, 0.2) is 44.5 Å². The Morgan fingerprint density at radius 1 is 1.36 bits per heavy atom. The zero-order valence-electron chi connectivity index (χ0n) is 22.2. The molecule has 0 bridgehead atoms. The van der Waals surface area contributed by atoms with Gasteiger partial charge in [0.1, 0.15) is 29.9 Å². The number of anilines is 1. The first-order valence-electron chi connectivity index (χ1n) is 12.8. The second kappa shape index (κ2) is 12.0. The number of carbonyl (C=O) groups is 3. The molecule has 1 unspecified atom stereocenters. The van der Waals surface area contributed by atoms with Crippen molar-refractivity contribution in [2.45, 2.75) is 41.6 Å². The first kappa shape index (κ1) is 28.6. The highest BCUT2D eigenvalue weighted by Crippen LogP contribution is 2.42. The predicted octanol–water partition coefficient (Wildman–Crippen LogP) is 1.28. The number of aliphatic carboxylic acids is 1. The second-order valence-corrected chi connectivity index (χ2v) is 13.5. The van der Waals surface area contributed by atoms with E-state index in [0.717, 1.165) is 34.4 Å². The standard InChI is InChI=1S/C25H24N8O5S4/c1-38-30-16(19-29-24(26)42-31-19)20(34)28-17-21(35)33-18(23(36)37)13(9-39-22(17)33)10-40-25-27-14(11-41-25)8-32-7-3-5-12-4-2-6-15(12)32/h3,5,7,11,17,22H,2,4,6,8-10H2,1H3,(H3-,26,28,29,31,34,36,37)/p+1/b30-16-/t17-,22?/m1/s1. The molecule has 0 radical (unpaired) electrons. The molecule has 1 aliphatic carbocycles. The molecule has 42 heavy (non-hydrogen) atoms. The third kappa shape index (κ3) is 5.48. The highest BCUT2D eigenvalue weighted by molar-refractivity contribution is 8.01. The number of aromatic nitrogens is 4. The summed E-state index contributed by atoms with van der Waals surface area (Å²) >= 11 is 5.26. The summed E-state index contributed by atoms with van der Waals surface area (Å²) < 4.78 is 7.07. The van der Waals surface area contributed by atoms with E-state index in [2.05, 4.69) is 42.7 Å². The summed E-state index contributed by atoms with van der Waals surface area (Å²) in [7, 11) is 1.26. The van der Waals surface area contributed by atoms with Gasteiger partial charge in [-0.2, -0.15) is 13.9 Å². The van der Waals surface area contributed by atoms with Crippen LogP contribution in [0.5, 0.6) is 0 Å². The van der Waals surface area contributed by atoms with Crippen LogP contribution in [0.2, 0.25) is 0 Å². The van der Waals surface area contributed by atoms with Gasteiger partial charge in [-0.3, -0.25) is 14.5 Å². The summed E-state index contributed by atoms with van der Waals surface area (Å²) in [5.74, 6) is -1.70. The number of hydrogen-bond donors (Lipinski definition) is 3. The number of fused-ring (bicyclic) bond motifs is 2. The van der Waals surface area contributed by atoms with Gasteiger partial charge in [-0.1, -0.05) is 16.9 Å². The van der Waals surface area contributed by atoms with Crippen LogP contribution in [-0.2, 0) is 38.6 Å². The fourth-order valence-electron chi connectivity index (χ4n) is 5.12. The molecule has 1 fully saturated rings. The Hall–Kier alpha value is -3.54. The average molecular weight is 646 g/mol. The van der Waals surface area contributed by atoms with Gasteiger partial charge < -0.3 is 21.0 Å². The van der Waals surface area contributed by atoms with E-state index in [1.54, 1.807) is 0 Å². The summed E-state index contributed by atoms with van der Waals surface area (Å²) in [6, 6.07) is 3.32. The minimum Gasteiger partial charge on any atom is -0.477 e. The van der Waals surface area contributed by atoms with Crippen LogP contribution in [0.25, 0.3) is 0 Å². The number of aryl methyl sites for hydroxylation is 1. The Morgan fingerprint density at radius 2 is 2.21 bits per heavy atom. The third-order valence-corrected chi connectivity index (χ3v) is 11.0. The van der Waals surface area contributed by atoms with Gasteiger partial charge in [0, 0.05) is 46.5 Å². The molecular weight excluding hydrogens is 621 g/mol. The summed E-state index contributed by atoms with van der Waals surface area (Å²) in [5, 5.41) is 17.9. The van der Waals surface area contributed by atoms with Crippen molar-refractivity contribution in [2.24, 2.45) is 5.16 Å². The van der Waals surface area contributed by atoms with Crippen LogP contribution in [0.1, 0.15) is 29.2 Å². The number of nitrogen functional groups attached to an aromatic ring is 1. The molecule has 3 aromatic rings. The third-order valence-electron chi connectivity index (χ3n) is 6.96. The van der Waals surface area contributed by atoms with Gasteiger partial charge in [0.15, 0.2) is 27.9 Å². The highest BCUT2D eigenvalue weighted by Gasteiger charge is 2.54. The minimum absolute atomic E-state index is 0.0289. The molecule has 0 saturated carbocycles. The van der Waals surface area contributed by atoms with Crippen LogP contribution < -0.4 is 15.6 Å². The van der Waals surface area contributed by atoms with Gasteiger partial charge in [0.05, 0.1) is 0 Å². The van der Waals surface area contributed by atoms with Crippen molar-refractivity contribution in [1.29, 1.82) is 0 Å². The average Bonchev–Trinajstić information content (AvgIpc) is 3.74. The Morgan fingerprint density at radius 3 is 2.98 bits per heavy atom. The first-order valence-corrected chi connectivity index (χ1v) is 16.5. The van der Waals surface area contributed by atoms with Gasteiger partial charge in [0.25, 0.3) is 11.8 Å². The molecule has 3 aliphatic rings. The van der Waals surface area contributed by atoms with Gasteiger partial charge in [-0.15, -0.1) is 23.1 Å². The fourth-order valence-corrected chi connectivity index (χ4v) is 8.88. The lowest BCUT2D eigenvalue weighted by Gasteiger charge is -2.49. The molecule has 2 amide bonds. The van der Waals surface area contributed by atoms with Crippen LogP contribution in [0, 0.1) is 0 Å². The monoisotopic (exact) mass is 645 g/mol. The minimum atomic E-state index is -1.19. The molecule has 17 heteroatoms. The van der Waals surface area contributed by atoms with Crippen LogP contribution >= 0.6 is 46.4 Å². The predicted molar refractivity (Wildman–Crippen MR) is 158 cm³/mol. The van der Waals surface area contributed by atoms with Crippen LogP contribution in [0.4, 0.5) is 5.13 Å². The number of amides is 2. The molecule has 5 heterocycles. The Balaban J connectivity index is 1.11. The SMILES string of the molecule is CO/N=C(\C(=O)N[C@@H]1C(=O)N2C(C(=O)O)=C(CSc3nc(C[n+]4cccc5c4CCC5)cs3)CSC12)c1nsc(N)n1. The molecule has 1 saturated heterocycles. The molecule has 4 N–H and O–H groups in total.